The highest BCUT2D eigenvalue weighted by atomic mass is 35.5. The van der Waals surface area contributed by atoms with E-state index in [9.17, 15) is 8.78 Å². The number of hydrogen-bond acceptors (Lipinski definition) is 1. The Labute approximate surface area is 105 Å². The minimum atomic E-state index is -2.49. The van der Waals surface area contributed by atoms with Gasteiger partial charge < -0.3 is 4.74 Å². The van der Waals surface area contributed by atoms with Crippen molar-refractivity contribution < 1.29 is 13.5 Å². The molecule has 0 aliphatic heterocycles. The summed E-state index contributed by atoms with van der Waals surface area (Å²) >= 11 is 5.51. The lowest BCUT2D eigenvalue weighted by atomic mass is 10.1. The van der Waals surface area contributed by atoms with Gasteiger partial charge >= 0.3 is 0 Å². The van der Waals surface area contributed by atoms with Crippen LogP contribution in [0.25, 0.3) is 0 Å². The van der Waals surface area contributed by atoms with Crippen LogP contribution in [-0.4, -0.2) is 18.9 Å². The van der Waals surface area contributed by atoms with Crippen LogP contribution in [0.1, 0.15) is 17.5 Å². The first-order chi connectivity index (χ1) is 8.13. The van der Waals surface area contributed by atoms with E-state index in [-0.39, 0.29) is 0 Å². The predicted octanol–water partition coefficient (Wildman–Crippen LogP) is 3.62. The minimum absolute atomic E-state index is 0.387. The number of halogens is 3. The van der Waals surface area contributed by atoms with E-state index in [1.54, 1.807) is 12.1 Å². The summed E-state index contributed by atoms with van der Waals surface area (Å²) < 4.78 is 29.1. The summed E-state index contributed by atoms with van der Waals surface area (Å²) in [6.45, 7) is 1.29. The Morgan fingerprint density at radius 3 is 2.82 bits per heavy atom. The summed E-state index contributed by atoms with van der Waals surface area (Å²) in [5, 5.41) is 0. The summed E-state index contributed by atoms with van der Waals surface area (Å²) in [6.07, 6.45) is -1.93. The first-order valence-corrected chi connectivity index (χ1v) is 5.73. The third kappa shape index (κ3) is 5.06. The molecule has 1 aromatic carbocycles. The molecule has 0 bridgehead atoms. The predicted molar refractivity (Wildman–Crippen MR) is 64.9 cm³/mol. The zero-order valence-corrected chi connectivity index (χ0v) is 10.2. The van der Waals surface area contributed by atoms with Gasteiger partial charge in [0.15, 0.2) is 0 Å². The zero-order chi connectivity index (χ0) is 12.7. The van der Waals surface area contributed by atoms with Crippen molar-refractivity contribution >= 4 is 11.6 Å². The maximum atomic E-state index is 12.1. The molecule has 0 aromatic heterocycles. The van der Waals surface area contributed by atoms with Crippen molar-refractivity contribution in [3.05, 3.63) is 29.3 Å². The fourth-order valence-electron chi connectivity index (χ4n) is 1.23. The Morgan fingerprint density at radius 1 is 1.41 bits per heavy atom. The lowest BCUT2D eigenvalue weighted by molar-refractivity contribution is 0.0818. The normalized spacial score (nSPS) is 9.94. The van der Waals surface area contributed by atoms with Gasteiger partial charge in [0, 0.05) is 12.3 Å². The Balaban J connectivity index is 2.85. The van der Waals surface area contributed by atoms with Gasteiger partial charge in [-0.2, -0.15) is 0 Å². The van der Waals surface area contributed by atoms with Crippen molar-refractivity contribution in [1.82, 2.24) is 0 Å². The van der Waals surface area contributed by atoms with Crippen molar-refractivity contribution in [2.75, 3.05) is 12.5 Å². The average molecular weight is 259 g/mol. The second kappa shape index (κ2) is 7.13. The number of aryl methyl sites for hydroxylation is 1. The van der Waals surface area contributed by atoms with Crippen LogP contribution < -0.4 is 4.74 Å². The topological polar surface area (TPSA) is 9.23 Å². The third-order valence-corrected chi connectivity index (χ3v) is 2.13. The van der Waals surface area contributed by atoms with Gasteiger partial charge in [-0.15, -0.1) is 11.6 Å². The molecule has 0 fully saturated rings. The van der Waals surface area contributed by atoms with Crippen LogP contribution in [0.3, 0.4) is 0 Å². The largest absolute Gasteiger partial charge is 0.486 e. The molecule has 0 N–H and O–H groups in total. The second-order valence-corrected chi connectivity index (χ2v) is 3.82. The van der Waals surface area contributed by atoms with Crippen LogP contribution in [0.15, 0.2) is 18.2 Å². The molecule has 0 heterocycles. The Kier molecular flexibility index (Phi) is 5.79. The molecule has 0 aliphatic carbocycles. The summed E-state index contributed by atoms with van der Waals surface area (Å²) in [6, 6.07) is 5.26. The molecule has 4 heteroatoms. The highest BCUT2D eigenvalue weighted by Gasteiger charge is 2.06. The smallest absolute Gasteiger partial charge is 0.272 e. The third-order valence-electron chi connectivity index (χ3n) is 1.94. The molecule has 92 valence electrons. The van der Waals surface area contributed by atoms with E-state index in [4.69, 9.17) is 16.3 Å². The molecule has 0 aliphatic rings. The van der Waals surface area contributed by atoms with Gasteiger partial charge in [-0.05, 0) is 24.6 Å². The quantitative estimate of drug-likeness (QED) is 0.592. The average Bonchev–Trinajstić information content (AvgIpc) is 2.28. The van der Waals surface area contributed by atoms with E-state index in [2.05, 4.69) is 11.8 Å². The van der Waals surface area contributed by atoms with Crippen molar-refractivity contribution in [2.45, 2.75) is 19.8 Å². The summed E-state index contributed by atoms with van der Waals surface area (Å²) in [5.41, 5.74) is 1.63. The molecule has 1 nitrogen and oxygen atoms in total. The summed E-state index contributed by atoms with van der Waals surface area (Å²) in [7, 11) is 0. The van der Waals surface area contributed by atoms with Crippen molar-refractivity contribution in [3.63, 3.8) is 0 Å². The fraction of sp³-hybridized carbons (Fsp3) is 0.385. The molecule has 17 heavy (non-hydrogen) atoms. The van der Waals surface area contributed by atoms with Crippen LogP contribution in [0.2, 0.25) is 0 Å². The van der Waals surface area contributed by atoms with E-state index >= 15 is 0 Å². The molecule has 0 unspecified atom stereocenters. The van der Waals surface area contributed by atoms with Gasteiger partial charge in [-0.25, -0.2) is 8.78 Å². The number of benzene rings is 1. The highest BCUT2D eigenvalue weighted by molar-refractivity contribution is 6.18. The van der Waals surface area contributed by atoms with Crippen molar-refractivity contribution in [3.8, 4) is 17.6 Å². The number of rotatable bonds is 4. The Morgan fingerprint density at radius 2 is 2.18 bits per heavy atom. The van der Waals surface area contributed by atoms with Crippen LogP contribution >= 0.6 is 11.6 Å². The molecule has 0 saturated carbocycles. The van der Waals surface area contributed by atoms with E-state index < -0.39 is 13.0 Å². The first-order valence-electron chi connectivity index (χ1n) is 5.20. The molecule has 0 radical (unpaired) electrons. The summed E-state index contributed by atoms with van der Waals surface area (Å²) in [5.74, 6) is 6.57. The lowest BCUT2D eigenvalue weighted by Gasteiger charge is -2.08. The second-order valence-electron chi connectivity index (χ2n) is 3.44. The maximum absolute atomic E-state index is 12.1. The van der Waals surface area contributed by atoms with Crippen LogP contribution in [0.4, 0.5) is 8.78 Å². The molecule has 1 rings (SSSR count). The van der Waals surface area contributed by atoms with E-state index in [0.717, 1.165) is 5.56 Å². The molecule has 0 saturated heterocycles. The van der Waals surface area contributed by atoms with Crippen LogP contribution in [-0.2, 0) is 0 Å². The fourth-order valence-corrected chi connectivity index (χ4v) is 1.32. The van der Waals surface area contributed by atoms with Gasteiger partial charge in [-0.3, -0.25) is 0 Å². The van der Waals surface area contributed by atoms with E-state index in [1.807, 2.05) is 13.0 Å². The van der Waals surface area contributed by atoms with Crippen LogP contribution in [0, 0.1) is 18.8 Å². The monoisotopic (exact) mass is 258 g/mol. The lowest BCUT2D eigenvalue weighted by Crippen LogP contribution is -2.07. The molecule has 0 spiro atoms. The first kappa shape index (κ1) is 13.8. The van der Waals surface area contributed by atoms with Crippen molar-refractivity contribution in [1.29, 1.82) is 0 Å². The standard InChI is InChI=1S/C13H13ClF2O/c1-10-5-6-12(17-9-13(15)16)11(8-10)4-2-3-7-14/h5-6,8,13H,3,7,9H2,1H3. The van der Waals surface area contributed by atoms with Gasteiger partial charge in [0.05, 0.1) is 5.56 Å². The van der Waals surface area contributed by atoms with E-state index in [0.29, 0.717) is 23.6 Å². The Hall–Kier alpha value is -1.27. The molecule has 1 aromatic rings. The number of ether oxygens (including phenoxy) is 1. The van der Waals surface area contributed by atoms with Crippen molar-refractivity contribution in [2.24, 2.45) is 0 Å². The number of hydrogen-bond donors (Lipinski definition) is 0. The van der Waals surface area contributed by atoms with Gasteiger partial charge in [-0.1, -0.05) is 17.9 Å². The van der Waals surface area contributed by atoms with Gasteiger partial charge in [0.2, 0.25) is 0 Å². The molecule has 0 atom stereocenters. The molecule has 0 amide bonds. The molecular formula is C13H13ClF2O. The van der Waals surface area contributed by atoms with Gasteiger partial charge in [0.25, 0.3) is 6.43 Å². The highest BCUT2D eigenvalue weighted by Crippen LogP contribution is 2.19. The number of alkyl halides is 3. The maximum Gasteiger partial charge on any atom is 0.272 e. The SMILES string of the molecule is Cc1ccc(OCC(F)F)c(C#CCCCl)c1. The van der Waals surface area contributed by atoms with E-state index in [1.165, 1.54) is 0 Å². The molecular weight excluding hydrogens is 246 g/mol. The van der Waals surface area contributed by atoms with Crippen LogP contribution in [0.5, 0.6) is 5.75 Å². The Bertz CT molecular complexity index is 421. The zero-order valence-electron chi connectivity index (χ0n) is 9.47. The summed E-state index contributed by atoms with van der Waals surface area (Å²) in [4.78, 5) is 0. The van der Waals surface area contributed by atoms with Gasteiger partial charge in [0.1, 0.15) is 12.4 Å². The minimum Gasteiger partial charge on any atom is -0.486 e.